The summed E-state index contributed by atoms with van der Waals surface area (Å²) in [4.78, 5) is 27.7. The van der Waals surface area contributed by atoms with E-state index >= 15 is 0 Å². The topological polar surface area (TPSA) is 86.8 Å². The first-order valence-electron chi connectivity index (χ1n) is 15.0. The predicted molar refractivity (Wildman–Crippen MR) is 157 cm³/mol. The Morgan fingerprint density at radius 2 is 1.49 bits per heavy atom. The van der Waals surface area contributed by atoms with E-state index < -0.39 is 51.4 Å². The molecule has 0 bridgehead atoms. The fourth-order valence-corrected chi connectivity index (χ4v) is 6.87. The van der Waals surface area contributed by atoms with E-state index in [1.165, 1.54) is 29.2 Å². The molecule has 2 aromatic carbocycles. The molecule has 1 heterocycles. The maximum absolute atomic E-state index is 13.3. The highest BCUT2D eigenvalue weighted by Crippen LogP contribution is 2.30. The molecule has 1 N–H and O–H groups in total. The van der Waals surface area contributed by atoms with Gasteiger partial charge in [0, 0.05) is 32.6 Å². The van der Waals surface area contributed by atoms with Crippen LogP contribution in [0.25, 0.3) is 0 Å². The van der Waals surface area contributed by atoms with Crippen LogP contribution in [0.1, 0.15) is 74.1 Å². The van der Waals surface area contributed by atoms with Crippen LogP contribution in [0.5, 0.6) is 0 Å². The smallest absolute Gasteiger partial charge is 0.351 e. The Kier molecular flexibility index (Phi) is 12.9. The molecule has 1 saturated heterocycles. The van der Waals surface area contributed by atoms with E-state index in [1.54, 1.807) is 0 Å². The molecule has 7 nitrogen and oxygen atoms in total. The van der Waals surface area contributed by atoms with Gasteiger partial charge in [0.25, 0.3) is 0 Å². The summed E-state index contributed by atoms with van der Waals surface area (Å²) in [6.45, 7) is 1.49. The zero-order chi connectivity index (χ0) is 33.3. The van der Waals surface area contributed by atoms with Crippen LogP contribution in [0.15, 0.2) is 48.5 Å². The van der Waals surface area contributed by atoms with Crippen LogP contribution >= 0.6 is 0 Å². The third-order valence-corrected chi connectivity index (χ3v) is 9.69. The third-order valence-electron chi connectivity index (χ3n) is 7.73. The SMILES string of the molecule is CCCCCCCCS(=O)(=O)N1CCN(C(=O)CCc2cccc(C(F)(F)F)c2)CC1C(=O)NCc1ccc(C(F)(F)F)cc1. The molecular formula is C31H39F6N3O4S. The van der Waals surface area contributed by atoms with Gasteiger partial charge in [-0.2, -0.15) is 30.6 Å². The third kappa shape index (κ3) is 11.0. The van der Waals surface area contributed by atoms with Gasteiger partial charge in [-0.15, -0.1) is 0 Å². The molecule has 2 aromatic rings. The second-order valence-corrected chi connectivity index (χ2v) is 13.2. The van der Waals surface area contributed by atoms with E-state index in [0.717, 1.165) is 54.3 Å². The number of nitrogens with one attached hydrogen (secondary N) is 1. The number of carbonyl (C=O) groups excluding carboxylic acids is 2. The van der Waals surface area contributed by atoms with Crippen LogP contribution in [0, 0.1) is 0 Å². The molecule has 0 spiro atoms. The molecule has 1 atom stereocenters. The number of benzene rings is 2. The van der Waals surface area contributed by atoms with Crippen molar-refractivity contribution in [1.29, 1.82) is 0 Å². The number of piperazine rings is 1. The second-order valence-electron chi connectivity index (χ2n) is 11.2. The summed E-state index contributed by atoms with van der Waals surface area (Å²) >= 11 is 0. The Hall–Kier alpha value is -3.13. The van der Waals surface area contributed by atoms with Crippen LogP contribution in [0.2, 0.25) is 0 Å². The molecule has 45 heavy (non-hydrogen) atoms. The first-order valence-corrected chi connectivity index (χ1v) is 16.6. The molecule has 1 fully saturated rings. The Bertz CT molecular complexity index is 1380. The van der Waals surface area contributed by atoms with Gasteiger partial charge in [-0.3, -0.25) is 9.59 Å². The van der Waals surface area contributed by atoms with Crippen LogP contribution < -0.4 is 5.32 Å². The van der Waals surface area contributed by atoms with Gasteiger partial charge in [0.15, 0.2) is 0 Å². The van der Waals surface area contributed by atoms with E-state index in [1.807, 2.05) is 0 Å². The number of unbranched alkanes of at least 4 members (excludes halogenated alkanes) is 5. The predicted octanol–water partition coefficient (Wildman–Crippen LogP) is 6.18. The highest BCUT2D eigenvalue weighted by atomic mass is 32.2. The summed E-state index contributed by atoms with van der Waals surface area (Å²) in [6.07, 6.45) is -4.09. The fourth-order valence-electron chi connectivity index (χ4n) is 5.15. The number of amides is 2. The van der Waals surface area contributed by atoms with Gasteiger partial charge in [-0.25, -0.2) is 8.42 Å². The van der Waals surface area contributed by atoms with Gasteiger partial charge in [0.2, 0.25) is 21.8 Å². The largest absolute Gasteiger partial charge is 0.416 e. The molecular weight excluding hydrogens is 624 g/mol. The quantitative estimate of drug-likeness (QED) is 0.193. The monoisotopic (exact) mass is 663 g/mol. The lowest BCUT2D eigenvalue weighted by Crippen LogP contribution is -2.61. The van der Waals surface area contributed by atoms with Crippen molar-refractivity contribution in [3.63, 3.8) is 0 Å². The zero-order valence-electron chi connectivity index (χ0n) is 25.1. The minimum Gasteiger partial charge on any atom is -0.351 e. The molecule has 250 valence electrons. The van der Waals surface area contributed by atoms with Crippen molar-refractivity contribution < 1.29 is 44.3 Å². The number of rotatable bonds is 14. The van der Waals surface area contributed by atoms with E-state index in [-0.39, 0.29) is 44.8 Å². The maximum Gasteiger partial charge on any atom is 0.416 e. The lowest BCUT2D eigenvalue weighted by molar-refractivity contribution is -0.138. The number of aryl methyl sites for hydroxylation is 1. The Morgan fingerprint density at radius 3 is 2.13 bits per heavy atom. The van der Waals surface area contributed by atoms with Gasteiger partial charge >= 0.3 is 12.4 Å². The van der Waals surface area contributed by atoms with E-state index in [0.29, 0.717) is 24.0 Å². The van der Waals surface area contributed by atoms with Crippen LogP contribution in [-0.4, -0.2) is 60.9 Å². The van der Waals surface area contributed by atoms with Crippen LogP contribution in [0.3, 0.4) is 0 Å². The van der Waals surface area contributed by atoms with Crippen molar-refractivity contribution in [1.82, 2.24) is 14.5 Å². The van der Waals surface area contributed by atoms with Crippen molar-refractivity contribution in [2.24, 2.45) is 0 Å². The number of hydrogen-bond acceptors (Lipinski definition) is 4. The van der Waals surface area contributed by atoms with Gasteiger partial charge in [0.05, 0.1) is 16.9 Å². The van der Waals surface area contributed by atoms with Crippen molar-refractivity contribution in [2.45, 2.75) is 83.2 Å². The first kappa shape index (κ1) is 36.3. The molecule has 0 aliphatic carbocycles. The molecule has 0 saturated carbocycles. The number of halogens is 6. The lowest BCUT2D eigenvalue weighted by atomic mass is 10.1. The summed E-state index contributed by atoms with van der Waals surface area (Å²) in [7, 11) is -3.90. The van der Waals surface area contributed by atoms with Gasteiger partial charge in [-0.1, -0.05) is 69.4 Å². The van der Waals surface area contributed by atoms with Crippen LogP contribution in [0.4, 0.5) is 26.3 Å². The van der Waals surface area contributed by atoms with Gasteiger partial charge < -0.3 is 10.2 Å². The Balaban J connectivity index is 1.69. The maximum atomic E-state index is 13.3. The van der Waals surface area contributed by atoms with Gasteiger partial charge in [-0.05, 0) is 42.2 Å². The summed E-state index contributed by atoms with van der Waals surface area (Å²) in [5.74, 6) is -1.33. The molecule has 1 aliphatic rings. The average molecular weight is 664 g/mol. The van der Waals surface area contributed by atoms with Crippen LogP contribution in [-0.2, 0) is 44.9 Å². The molecule has 14 heteroatoms. The number of alkyl halides is 6. The molecule has 2 amide bonds. The van der Waals surface area contributed by atoms with Gasteiger partial charge in [0.1, 0.15) is 6.04 Å². The average Bonchev–Trinajstić information content (AvgIpc) is 2.99. The normalized spacial score (nSPS) is 16.5. The molecule has 1 aliphatic heterocycles. The van der Waals surface area contributed by atoms with Crippen molar-refractivity contribution in [3.8, 4) is 0 Å². The second kappa shape index (κ2) is 15.9. The minimum absolute atomic E-state index is 0.000160. The van der Waals surface area contributed by atoms with Crippen molar-refractivity contribution in [3.05, 3.63) is 70.8 Å². The van der Waals surface area contributed by atoms with Crippen molar-refractivity contribution >= 4 is 21.8 Å². The molecule has 1 unspecified atom stereocenters. The highest BCUT2D eigenvalue weighted by Gasteiger charge is 2.40. The van der Waals surface area contributed by atoms with E-state index in [4.69, 9.17) is 0 Å². The standard InChI is InChI=1S/C31H39F6N3O4S/c1-2-3-4-5-6-7-19-45(43,44)40-18-17-39(28(41)16-13-23-9-8-10-26(20-23)31(35,36)37)22-27(40)29(42)38-21-24-11-14-25(15-12-24)30(32,33)34/h8-12,14-15,20,27H,2-7,13,16-19,21-22H2,1H3,(H,38,42). The summed E-state index contributed by atoms with van der Waals surface area (Å²) < 4.78 is 106. The number of carbonyl (C=O) groups is 2. The fraction of sp³-hybridized carbons (Fsp3) is 0.548. The number of sulfonamides is 1. The number of hydrogen-bond donors (Lipinski definition) is 1. The van der Waals surface area contributed by atoms with Crippen molar-refractivity contribution in [2.75, 3.05) is 25.4 Å². The Morgan fingerprint density at radius 1 is 0.844 bits per heavy atom. The highest BCUT2D eigenvalue weighted by molar-refractivity contribution is 7.89. The number of nitrogens with zero attached hydrogens (tertiary/aromatic N) is 2. The zero-order valence-corrected chi connectivity index (χ0v) is 25.9. The molecule has 3 rings (SSSR count). The minimum atomic E-state index is -4.53. The summed E-state index contributed by atoms with van der Waals surface area (Å²) in [5.41, 5.74) is -1.01. The molecule has 0 aromatic heterocycles. The first-order chi connectivity index (χ1) is 21.1. The molecule has 0 radical (unpaired) electrons. The lowest BCUT2D eigenvalue weighted by Gasteiger charge is -2.39. The summed E-state index contributed by atoms with van der Waals surface area (Å²) in [5, 5.41) is 2.59. The van der Waals surface area contributed by atoms with E-state index in [2.05, 4.69) is 12.2 Å². The Labute approximate surface area is 260 Å². The van der Waals surface area contributed by atoms with E-state index in [9.17, 15) is 44.3 Å². The summed E-state index contributed by atoms with van der Waals surface area (Å²) in [6, 6.07) is 7.53.